The van der Waals surface area contributed by atoms with E-state index in [0.717, 1.165) is 18.4 Å². The van der Waals surface area contributed by atoms with E-state index < -0.39 is 17.7 Å². The number of hydrogen-bond donors (Lipinski definition) is 1. The molecule has 0 radical (unpaired) electrons. The number of Topliss-reactive ketones (excluding diaryl/α,β-unsaturated/α-hetero) is 1. The van der Waals surface area contributed by atoms with Gasteiger partial charge in [0, 0.05) is 19.2 Å². The number of carbonyl (C=O) groups is 2. The Hall–Kier alpha value is -3.32. The number of methoxy groups -OCH3 is 2. The lowest BCUT2D eigenvalue weighted by atomic mass is 9.94. The molecule has 1 atom stereocenters. The second-order valence-electron chi connectivity index (χ2n) is 7.94. The molecule has 1 saturated heterocycles. The van der Waals surface area contributed by atoms with Gasteiger partial charge in [-0.3, -0.25) is 9.59 Å². The first-order chi connectivity index (χ1) is 15.9. The lowest BCUT2D eigenvalue weighted by molar-refractivity contribution is -0.140. The summed E-state index contributed by atoms with van der Waals surface area (Å²) in [4.78, 5) is 27.4. The molecule has 0 saturated carbocycles. The smallest absolute Gasteiger partial charge is 0.295 e. The molecule has 33 heavy (non-hydrogen) atoms. The predicted octanol–water partition coefficient (Wildman–Crippen LogP) is 4.25. The molecule has 0 bridgehead atoms. The van der Waals surface area contributed by atoms with Gasteiger partial charge >= 0.3 is 0 Å². The zero-order chi connectivity index (χ0) is 24.0. The molecule has 176 valence electrons. The van der Waals surface area contributed by atoms with Crippen LogP contribution in [0.2, 0.25) is 0 Å². The minimum atomic E-state index is -0.729. The highest BCUT2D eigenvalue weighted by Crippen LogP contribution is 2.40. The van der Waals surface area contributed by atoms with E-state index >= 15 is 0 Å². The fourth-order valence-corrected chi connectivity index (χ4v) is 3.91. The van der Waals surface area contributed by atoms with Crippen LogP contribution in [0.1, 0.15) is 42.5 Å². The molecule has 0 aromatic heterocycles. The fourth-order valence-electron chi connectivity index (χ4n) is 3.91. The van der Waals surface area contributed by atoms with Gasteiger partial charge in [0.2, 0.25) is 0 Å². The normalized spacial score (nSPS) is 17.5. The minimum Gasteiger partial charge on any atom is -0.507 e. The van der Waals surface area contributed by atoms with E-state index in [-0.39, 0.29) is 24.5 Å². The summed E-state index contributed by atoms with van der Waals surface area (Å²) in [7, 11) is 3.10. The summed E-state index contributed by atoms with van der Waals surface area (Å²) >= 11 is 0. The SMILES string of the molecule is CCCCOc1ccc(C2/C(=C(/O)c3ccc(OC)c(C)c3)C(=O)C(=O)N2CCOC)cc1. The first kappa shape index (κ1) is 24.3. The van der Waals surface area contributed by atoms with Crippen molar-refractivity contribution in [3.63, 3.8) is 0 Å². The molecule has 2 aromatic carbocycles. The zero-order valence-corrected chi connectivity index (χ0v) is 19.6. The molecule has 1 fully saturated rings. The molecule has 0 aliphatic carbocycles. The van der Waals surface area contributed by atoms with Crippen LogP contribution in [0.25, 0.3) is 5.76 Å². The van der Waals surface area contributed by atoms with Crippen LogP contribution in [0.4, 0.5) is 0 Å². The number of aliphatic hydroxyl groups is 1. The number of likely N-dealkylation sites (tertiary alicyclic amines) is 1. The van der Waals surface area contributed by atoms with E-state index in [1.54, 1.807) is 25.3 Å². The van der Waals surface area contributed by atoms with Crippen molar-refractivity contribution in [1.29, 1.82) is 0 Å². The summed E-state index contributed by atoms with van der Waals surface area (Å²) in [6.45, 7) is 5.06. The number of benzene rings is 2. The van der Waals surface area contributed by atoms with Crippen LogP contribution >= 0.6 is 0 Å². The molecule has 1 aliphatic heterocycles. The summed E-state index contributed by atoms with van der Waals surface area (Å²) in [5.41, 5.74) is 2.02. The van der Waals surface area contributed by atoms with Crippen molar-refractivity contribution in [2.75, 3.05) is 34.0 Å². The van der Waals surface area contributed by atoms with Crippen molar-refractivity contribution < 1.29 is 28.9 Å². The first-order valence-corrected chi connectivity index (χ1v) is 11.1. The lowest BCUT2D eigenvalue weighted by Crippen LogP contribution is -2.32. The molecule has 1 N–H and O–H groups in total. The van der Waals surface area contributed by atoms with Gasteiger partial charge in [-0.2, -0.15) is 0 Å². The summed E-state index contributed by atoms with van der Waals surface area (Å²) in [5, 5.41) is 11.2. The number of amides is 1. The van der Waals surface area contributed by atoms with Crippen molar-refractivity contribution >= 4 is 17.4 Å². The van der Waals surface area contributed by atoms with Crippen molar-refractivity contribution in [3.8, 4) is 11.5 Å². The number of rotatable bonds is 10. The van der Waals surface area contributed by atoms with E-state index in [9.17, 15) is 14.7 Å². The standard InChI is InChI=1S/C26H31NO6/c1-5-6-14-33-20-10-7-18(8-11-20)23-22(25(29)26(30)27(23)13-15-31-3)24(28)19-9-12-21(32-4)17(2)16-19/h7-12,16,23,28H,5-6,13-15H2,1-4H3/b24-22-. The Bertz CT molecular complexity index is 1030. The van der Waals surface area contributed by atoms with Crippen LogP contribution in [0.5, 0.6) is 11.5 Å². The van der Waals surface area contributed by atoms with Gasteiger partial charge in [0.15, 0.2) is 0 Å². The van der Waals surface area contributed by atoms with Gasteiger partial charge in [0.25, 0.3) is 11.7 Å². The Morgan fingerprint density at radius 2 is 1.79 bits per heavy atom. The zero-order valence-electron chi connectivity index (χ0n) is 19.6. The molecule has 2 aromatic rings. The second-order valence-corrected chi connectivity index (χ2v) is 7.94. The molecule has 7 nitrogen and oxygen atoms in total. The van der Waals surface area contributed by atoms with Gasteiger partial charge in [-0.1, -0.05) is 25.5 Å². The number of carbonyl (C=O) groups excluding carboxylic acids is 2. The summed E-state index contributed by atoms with van der Waals surface area (Å²) in [6, 6.07) is 11.7. The van der Waals surface area contributed by atoms with Crippen LogP contribution in [0, 0.1) is 6.92 Å². The molecule has 3 rings (SSSR count). The van der Waals surface area contributed by atoms with Crippen molar-refractivity contribution in [3.05, 3.63) is 64.7 Å². The monoisotopic (exact) mass is 453 g/mol. The van der Waals surface area contributed by atoms with Crippen molar-refractivity contribution in [2.24, 2.45) is 0 Å². The fraction of sp³-hybridized carbons (Fsp3) is 0.385. The van der Waals surface area contributed by atoms with Gasteiger partial charge < -0.3 is 24.2 Å². The Kier molecular flexibility index (Phi) is 8.11. The second kappa shape index (κ2) is 11.0. The largest absolute Gasteiger partial charge is 0.507 e. The van der Waals surface area contributed by atoms with E-state index in [1.165, 1.54) is 12.0 Å². The molecular formula is C26H31NO6. The van der Waals surface area contributed by atoms with Crippen LogP contribution in [0.3, 0.4) is 0 Å². The molecule has 0 spiro atoms. The number of ether oxygens (including phenoxy) is 3. The number of aliphatic hydroxyl groups excluding tert-OH is 1. The summed E-state index contributed by atoms with van der Waals surface area (Å²) in [5.74, 6) is -0.209. The lowest BCUT2D eigenvalue weighted by Gasteiger charge is -2.25. The first-order valence-electron chi connectivity index (χ1n) is 11.1. The van der Waals surface area contributed by atoms with Crippen LogP contribution < -0.4 is 9.47 Å². The van der Waals surface area contributed by atoms with Crippen LogP contribution in [-0.2, 0) is 14.3 Å². The third-order valence-corrected chi connectivity index (χ3v) is 5.71. The van der Waals surface area contributed by atoms with Gasteiger partial charge in [0.05, 0.1) is 31.9 Å². The van der Waals surface area contributed by atoms with Crippen LogP contribution in [0.15, 0.2) is 48.0 Å². The summed E-state index contributed by atoms with van der Waals surface area (Å²) in [6.07, 6.45) is 2.00. The van der Waals surface area contributed by atoms with E-state index in [1.807, 2.05) is 31.2 Å². The number of unbranched alkanes of at least 4 members (excludes halogenated alkanes) is 1. The molecule has 1 unspecified atom stereocenters. The van der Waals surface area contributed by atoms with E-state index in [4.69, 9.17) is 14.2 Å². The summed E-state index contributed by atoms with van der Waals surface area (Å²) < 4.78 is 16.2. The number of nitrogens with zero attached hydrogens (tertiary/aromatic N) is 1. The highest BCUT2D eigenvalue weighted by Gasteiger charge is 2.45. The molecular weight excluding hydrogens is 422 g/mol. The predicted molar refractivity (Wildman–Crippen MR) is 125 cm³/mol. The Balaban J connectivity index is 2.04. The molecule has 1 aliphatic rings. The minimum absolute atomic E-state index is 0.0559. The highest BCUT2D eigenvalue weighted by molar-refractivity contribution is 6.46. The Labute approximate surface area is 194 Å². The molecule has 1 heterocycles. The van der Waals surface area contributed by atoms with Gasteiger partial charge in [-0.05, 0) is 54.8 Å². The molecule has 7 heteroatoms. The van der Waals surface area contributed by atoms with Gasteiger partial charge in [-0.15, -0.1) is 0 Å². The Morgan fingerprint density at radius 3 is 2.39 bits per heavy atom. The topological polar surface area (TPSA) is 85.3 Å². The molecule has 1 amide bonds. The quantitative estimate of drug-likeness (QED) is 0.251. The van der Waals surface area contributed by atoms with Crippen LogP contribution in [-0.4, -0.2) is 55.7 Å². The van der Waals surface area contributed by atoms with Crippen molar-refractivity contribution in [2.45, 2.75) is 32.7 Å². The van der Waals surface area contributed by atoms with Crippen molar-refractivity contribution in [1.82, 2.24) is 4.90 Å². The number of ketones is 1. The van der Waals surface area contributed by atoms with E-state index in [2.05, 4.69) is 6.92 Å². The van der Waals surface area contributed by atoms with Gasteiger partial charge in [-0.25, -0.2) is 0 Å². The highest BCUT2D eigenvalue weighted by atomic mass is 16.5. The van der Waals surface area contributed by atoms with E-state index in [0.29, 0.717) is 29.2 Å². The number of aryl methyl sites for hydroxylation is 1. The third-order valence-electron chi connectivity index (χ3n) is 5.71. The number of hydrogen-bond acceptors (Lipinski definition) is 6. The van der Waals surface area contributed by atoms with Gasteiger partial charge in [0.1, 0.15) is 17.3 Å². The average Bonchev–Trinajstić information content (AvgIpc) is 3.07. The maximum absolute atomic E-state index is 13.0. The maximum Gasteiger partial charge on any atom is 0.295 e. The average molecular weight is 454 g/mol. The third kappa shape index (κ3) is 5.20. The maximum atomic E-state index is 13.0. The Morgan fingerprint density at radius 1 is 1.06 bits per heavy atom.